The minimum Gasteiger partial charge on any atom is -0.330 e. The molecule has 13 heavy (non-hydrogen) atoms. The summed E-state index contributed by atoms with van der Waals surface area (Å²) in [7, 11) is 0. The Kier molecular flexibility index (Phi) is 9.87. The van der Waals surface area contributed by atoms with Crippen molar-refractivity contribution in [3.63, 3.8) is 0 Å². The number of hydrogen-bond acceptors (Lipinski definition) is 3. The highest BCUT2D eigenvalue weighted by Crippen LogP contribution is 2.11. The van der Waals surface area contributed by atoms with Gasteiger partial charge in [0.1, 0.15) is 0 Å². The van der Waals surface area contributed by atoms with Crippen LogP contribution in [0.1, 0.15) is 32.6 Å². The van der Waals surface area contributed by atoms with E-state index >= 15 is 0 Å². The van der Waals surface area contributed by atoms with Gasteiger partial charge in [-0.25, -0.2) is 0 Å². The van der Waals surface area contributed by atoms with E-state index in [1.165, 1.54) is 12.8 Å². The zero-order chi connectivity index (χ0) is 9.94. The van der Waals surface area contributed by atoms with Crippen molar-refractivity contribution in [2.24, 2.45) is 17.4 Å². The molecular weight excluding hydrogens is 162 g/mol. The van der Waals surface area contributed by atoms with Crippen LogP contribution in [0.3, 0.4) is 0 Å². The lowest BCUT2D eigenvalue weighted by molar-refractivity contribution is 0.406. The predicted molar refractivity (Wildman–Crippen MR) is 58.6 cm³/mol. The first kappa shape index (κ1) is 12.9. The van der Waals surface area contributed by atoms with Crippen molar-refractivity contribution >= 4 is 0 Å². The van der Waals surface area contributed by atoms with E-state index in [4.69, 9.17) is 11.5 Å². The summed E-state index contributed by atoms with van der Waals surface area (Å²) < 4.78 is 0. The molecule has 0 radical (unpaired) electrons. The number of nitrogens with two attached hydrogens (primary N) is 2. The van der Waals surface area contributed by atoms with Gasteiger partial charge in [-0.15, -0.1) is 0 Å². The summed E-state index contributed by atoms with van der Waals surface area (Å²) in [6.45, 7) is 5.94. The van der Waals surface area contributed by atoms with E-state index < -0.39 is 0 Å². The lowest BCUT2D eigenvalue weighted by Gasteiger charge is -2.16. The molecular formula is C10H25N3. The van der Waals surface area contributed by atoms with Crippen molar-refractivity contribution in [3.8, 4) is 0 Å². The maximum Gasteiger partial charge on any atom is -0.00206 e. The monoisotopic (exact) mass is 187 g/mol. The molecule has 0 saturated carbocycles. The molecule has 0 rings (SSSR count). The standard InChI is InChI=1S/C10H25N3/c1-2-13-9-10(5-3-7-11)6-4-8-12/h10,13H,2-9,11-12H2,1H3. The first-order chi connectivity index (χ1) is 6.35. The molecule has 0 atom stereocenters. The summed E-state index contributed by atoms with van der Waals surface area (Å²) in [4.78, 5) is 0. The fourth-order valence-corrected chi connectivity index (χ4v) is 1.51. The molecule has 0 spiro atoms. The van der Waals surface area contributed by atoms with E-state index in [0.29, 0.717) is 0 Å². The van der Waals surface area contributed by atoms with Crippen LogP contribution < -0.4 is 16.8 Å². The summed E-state index contributed by atoms with van der Waals surface area (Å²) in [6, 6.07) is 0. The molecule has 0 saturated heterocycles. The van der Waals surface area contributed by atoms with E-state index in [-0.39, 0.29) is 0 Å². The van der Waals surface area contributed by atoms with Gasteiger partial charge in [-0.1, -0.05) is 6.92 Å². The van der Waals surface area contributed by atoms with Crippen molar-refractivity contribution in [2.45, 2.75) is 32.6 Å². The van der Waals surface area contributed by atoms with Crippen molar-refractivity contribution in [1.29, 1.82) is 0 Å². The third-order valence-corrected chi connectivity index (χ3v) is 2.32. The Balaban J connectivity index is 3.47. The van der Waals surface area contributed by atoms with Crippen LogP contribution in [-0.4, -0.2) is 26.2 Å². The third-order valence-electron chi connectivity index (χ3n) is 2.32. The number of nitrogens with one attached hydrogen (secondary N) is 1. The topological polar surface area (TPSA) is 64.1 Å². The van der Waals surface area contributed by atoms with Crippen molar-refractivity contribution < 1.29 is 0 Å². The Morgan fingerprint density at radius 2 is 1.62 bits per heavy atom. The van der Waals surface area contributed by atoms with Crippen LogP contribution in [0, 0.1) is 5.92 Å². The SMILES string of the molecule is CCNCC(CCCN)CCCN. The summed E-state index contributed by atoms with van der Waals surface area (Å²) in [5.41, 5.74) is 11.0. The smallest absolute Gasteiger partial charge is 0.00206 e. The average Bonchev–Trinajstić information content (AvgIpc) is 2.17. The second kappa shape index (κ2) is 9.96. The minimum atomic E-state index is 0.770. The lowest BCUT2D eigenvalue weighted by Crippen LogP contribution is -2.23. The quantitative estimate of drug-likeness (QED) is 0.497. The average molecular weight is 187 g/mol. The molecule has 0 aromatic carbocycles. The van der Waals surface area contributed by atoms with E-state index in [2.05, 4.69) is 12.2 Å². The Labute approximate surface area is 82.3 Å². The molecule has 0 fully saturated rings. The van der Waals surface area contributed by atoms with Crippen LogP contribution in [0.5, 0.6) is 0 Å². The summed E-state index contributed by atoms with van der Waals surface area (Å²) in [5, 5.41) is 3.38. The minimum absolute atomic E-state index is 0.770. The molecule has 0 aromatic rings. The molecule has 0 aliphatic carbocycles. The molecule has 0 amide bonds. The molecule has 0 bridgehead atoms. The fraction of sp³-hybridized carbons (Fsp3) is 1.00. The Morgan fingerprint density at radius 1 is 1.08 bits per heavy atom. The Morgan fingerprint density at radius 3 is 2.00 bits per heavy atom. The highest BCUT2D eigenvalue weighted by atomic mass is 14.8. The fourth-order valence-electron chi connectivity index (χ4n) is 1.51. The maximum absolute atomic E-state index is 5.49. The van der Waals surface area contributed by atoms with Gasteiger partial charge in [0.15, 0.2) is 0 Å². The van der Waals surface area contributed by atoms with Crippen LogP contribution in [0.25, 0.3) is 0 Å². The van der Waals surface area contributed by atoms with Gasteiger partial charge in [0.25, 0.3) is 0 Å². The molecule has 3 heteroatoms. The van der Waals surface area contributed by atoms with Crippen molar-refractivity contribution in [1.82, 2.24) is 5.32 Å². The van der Waals surface area contributed by atoms with Crippen LogP contribution in [0.4, 0.5) is 0 Å². The van der Waals surface area contributed by atoms with E-state index in [0.717, 1.165) is 44.9 Å². The van der Waals surface area contributed by atoms with E-state index in [9.17, 15) is 0 Å². The molecule has 0 aliphatic rings. The summed E-state index contributed by atoms with van der Waals surface area (Å²) >= 11 is 0. The normalized spacial score (nSPS) is 11.1. The Bertz CT molecular complexity index is 77.2. The zero-order valence-electron chi connectivity index (χ0n) is 8.89. The maximum atomic E-state index is 5.49. The second-order valence-electron chi connectivity index (χ2n) is 3.54. The first-order valence-corrected chi connectivity index (χ1v) is 5.46. The number of hydrogen-bond donors (Lipinski definition) is 3. The summed E-state index contributed by atoms with van der Waals surface area (Å²) in [6.07, 6.45) is 4.76. The van der Waals surface area contributed by atoms with Gasteiger partial charge in [-0.3, -0.25) is 0 Å². The van der Waals surface area contributed by atoms with Gasteiger partial charge >= 0.3 is 0 Å². The van der Waals surface area contributed by atoms with Crippen molar-refractivity contribution in [2.75, 3.05) is 26.2 Å². The number of rotatable bonds is 9. The molecule has 0 aromatic heterocycles. The predicted octanol–water partition coefficient (Wildman–Crippen LogP) is 0.690. The van der Waals surface area contributed by atoms with Crippen LogP contribution >= 0.6 is 0 Å². The molecule has 80 valence electrons. The van der Waals surface area contributed by atoms with Crippen LogP contribution in [0.15, 0.2) is 0 Å². The van der Waals surface area contributed by atoms with E-state index in [1.807, 2.05) is 0 Å². The molecule has 5 N–H and O–H groups in total. The molecule has 0 heterocycles. The second-order valence-corrected chi connectivity index (χ2v) is 3.54. The van der Waals surface area contributed by atoms with Gasteiger partial charge < -0.3 is 16.8 Å². The van der Waals surface area contributed by atoms with Gasteiger partial charge in [0, 0.05) is 0 Å². The van der Waals surface area contributed by atoms with Gasteiger partial charge in [0.2, 0.25) is 0 Å². The van der Waals surface area contributed by atoms with Gasteiger partial charge in [-0.05, 0) is 57.8 Å². The lowest BCUT2D eigenvalue weighted by atomic mass is 9.97. The van der Waals surface area contributed by atoms with Gasteiger partial charge in [-0.2, -0.15) is 0 Å². The molecule has 0 unspecified atom stereocenters. The van der Waals surface area contributed by atoms with Crippen LogP contribution in [0.2, 0.25) is 0 Å². The first-order valence-electron chi connectivity index (χ1n) is 5.46. The zero-order valence-corrected chi connectivity index (χ0v) is 8.89. The highest BCUT2D eigenvalue weighted by Gasteiger charge is 2.06. The largest absolute Gasteiger partial charge is 0.330 e. The molecule has 3 nitrogen and oxygen atoms in total. The van der Waals surface area contributed by atoms with Gasteiger partial charge in [0.05, 0.1) is 0 Å². The Hall–Kier alpha value is -0.120. The summed E-state index contributed by atoms with van der Waals surface area (Å²) in [5.74, 6) is 0.770. The van der Waals surface area contributed by atoms with Crippen molar-refractivity contribution in [3.05, 3.63) is 0 Å². The van der Waals surface area contributed by atoms with E-state index in [1.54, 1.807) is 0 Å². The highest BCUT2D eigenvalue weighted by molar-refractivity contribution is 4.63. The third kappa shape index (κ3) is 8.22. The van der Waals surface area contributed by atoms with Crippen LogP contribution in [-0.2, 0) is 0 Å². The molecule has 0 aliphatic heterocycles.